The molecule has 7 nitrogen and oxygen atoms in total. The minimum absolute atomic E-state index is 0. The second-order valence-electron chi connectivity index (χ2n) is 12.7. The van der Waals surface area contributed by atoms with E-state index < -0.39 is 0 Å². The van der Waals surface area contributed by atoms with E-state index in [1.54, 1.807) is 0 Å². The van der Waals surface area contributed by atoms with Gasteiger partial charge in [0.05, 0.1) is 6.17 Å². The van der Waals surface area contributed by atoms with Crippen molar-refractivity contribution in [2.45, 2.75) is 98.7 Å². The fourth-order valence-corrected chi connectivity index (χ4v) is 7.45. The third kappa shape index (κ3) is 10.0. The maximum absolute atomic E-state index is 6.26. The molecule has 1 aliphatic carbocycles. The van der Waals surface area contributed by atoms with E-state index in [1.807, 2.05) is 0 Å². The lowest BCUT2D eigenvalue weighted by atomic mass is 9.65. The van der Waals surface area contributed by atoms with Crippen LogP contribution in [-0.2, 0) is 0 Å². The molecular weight excluding hydrogens is 488 g/mol. The number of hydrogen-bond acceptors (Lipinski definition) is 4. The minimum atomic E-state index is 0. The van der Waals surface area contributed by atoms with Gasteiger partial charge in [-0.05, 0) is 107 Å². The maximum Gasteiger partial charge on any atom is 0.0597 e. The minimum Gasteiger partial charge on any atom is -0.412 e. The SMILES string of the molecule is C.CC(C)[C@H](CN1CCC(C2CC=C(Cl)CC2)C(C)(C)C1)NCC1CCC(N2CCCC2)NC1.O.O.O. The summed E-state index contributed by atoms with van der Waals surface area (Å²) in [6, 6.07) is 0.588. The molecule has 3 aliphatic heterocycles. The van der Waals surface area contributed by atoms with Crippen molar-refractivity contribution in [3.8, 4) is 0 Å². The number of piperidine rings is 2. The predicted octanol–water partition coefficient (Wildman–Crippen LogP) is 3.46. The Balaban J connectivity index is 0.00000324. The Morgan fingerprint density at radius 2 is 1.76 bits per heavy atom. The Hall–Kier alpha value is -0.250. The molecule has 4 aliphatic rings. The summed E-state index contributed by atoms with van der Waals surface area (Å²) < 4.78 is 0. The van der Waals surface area contributed by atoms with Gasteiger partial charge in [0.15, 0.2) is 0 Å². The molecule has 3 heterocycles. The largest absolute Gasteiger partial charge is 0.412 e. The summed E-state index contributed by atoms with van der Waals surface area (Å²) in [6.45, 7) is 18.5. The Kier molecular flexibility index (Phi) is 16.6. The summed E-state index contributed by atoms with van der Waals surface area (Å²) in [6.07, 6.45) is 13.3. The van der Waals surface area contributed by atoms with E-state index in [1.165, 1.54) is 84.2 Å². The van der Waals surface area contributed by atoms with Gasteiger partial charge >= 0.3 is 0 Å². The standard InChI is InChI=1S/C28H51ClN4.CH4.3H2O/c1-21(2)26(30-17-22-7-12-27(31-18-22)33-14-5-6-15-33)19-32-16-13-25(28(3,4)20-32)23-8-10-24(29)11-9-23;;;;/h10,21-23,25-27,30-31H,5-9,11-20H2,1-4H3;1H4;3*1H2/t22?,23?,25?,26-,27?;;;;/m0..../s1. The molecule has 222 valence electrons. The zero-order chi connectivity index (χ0) is 23.4. The molecule has 0 bridgehead atoms. The molecule has 3 fully saturated rings. The topological polar surface area (TPSA) is 125 Å². The van der Waals surface area contributed by atoms with Crippen molar-refractivity contribution in [2.24, 2.45) is 29.1 Å². The Morgan fingerprint density at radius 3 is 2.30 bits per heavy atom. The van der Waals surface area contributed by atoms with Crippen molar-refractivity contribution in [1.29, 1.82) is 0 Å². The summed E-state index contributed by atoms with van der Waals surface area (Å²) >= 11 is 6.26. The first-order valence-electron chi connectivity index (χ1n) is 14.1. The lowest BCUT2D eigenvalue weighted by molar-refractivity contribution is 0.0114. The highest BCUT2D eigenvalue weighted by Gasteiger charge is 2.40. The lowest BCUT2D eigenvalue weighted by Gasteiger charge is -2.49. The number of rotatable bonds is 8. The van der Waals surface area contributed by atoms with Gasteiger partial charge in [0.25, 0.3) is 0 Å². The molecule has 0 aromatic rings. The molecule has 0 aromatic carbocycles. The summed E-state index contributed by atoms with van der Waals surface area (Å²) in [5, 5.41) is 8.96. The molecule has 0 saturated carbocycles. The van der Waals surface area contributed by atoms with Gasteiger partial charge in [0, 0.05) is 30.7 Å². The summed E-state index contributed by atoms with van der Waals surface area (Å²) in [7, 11) is 0. The first-order chi connectivity index (χ1) is 15.8. The van der Waals surface area contributed by atoms with Crippen LogP contribution in [0.1, 0.15) is 86.5 Å². The molecule has 5 atom stereocenters. The fraction of sp³-hybridized carbons (Fsp3) is 0.931. The smallest absolute Gasteiger partial charge is 0.0597 e. The van der Waals surface area contributed by atoms with Gasteiger partial charge in [-0.15, -0.1) is 0 Å². The maximum atomic E-state index is 6.26. The van der Waals surface area contributed by atoms with Crippen LogP contribution in [-0.4, -0.2) is 84.2 Å². The molecule has 0 radical (unpaired) electrons. The second-order valence-corrected chi connectivity index (χ2v) is 13.2. The molecule has 4 unspecified atom stereocenters. The van der Waals surface area contributed by atoms with E-state index in [-0.39, 0.29) is 23.9 Å². The highest BCUT2D eigenvalue weighted by atomic mass is 35.5. The number of nitrogens with one attached hydrogen (secondary N) is 2. The molecule has 8 heteroatoms. The quantitative estimate of drug-likeness (QED) is 0.481. The van der Waals surface area contributed by atoms with Crippen LogP contribution in [0.25, 0.3) is 0 Å². The fourth-order valence-electron chi connectivity index (χ4n) is 7.25. The predicted molar refractivity (Wildman–Crippen MR) is 159 cm³/mol. The van der Waals surface area contributed by atoms with Crippen LogP contribution in [0.2, 0.25) is 0 Å². The third-order valence-corrected chi connectivity index (χ3v) is 9.70. The average Bonchev–Trinajstić information content (AvgIpc) is 3.32. The highest BCUT2D eigenvalue weighted by Crippen LogP contribution is 2.45. The summed E-state index contributed by atoms with van der Waals surface area (Å²) in [4.78, 5) is 5.44. The van der Waals surface area contributed by atoms with Gasteiger partial charge in [0.2, 0.25) is 0 Å². The number of allylic oxidation sites excluding steroid dienone is 2. The molecule has 37 heavy (non-hydrogen) atoms. The van der Waals surface area contributed by atoms with Crippen molar-refractivity contribution in [3.63, 3.8) is 0 Å². The molecular formula is C29H61ClN4O3. The molecule has 0 amide bonds. The third-order valence-electron chi connectivity index (χ3n) is 9.36. The van der Waals surface area contributed by atoms with Crippen molar-refractivity contribution in [3.05, 3.63) is 11.1 Å². The summed E-state index contributed by atoms with van der Waals surface area (Å²) in [5.74, 6) is 3.10. The van der Waals surface area contributed by atoms with Crippen LogP contribution in [0, 0.1) is 29.1 Å². The van der Waals surface area contributed by atoms with Crippen molar-refractivity contribution < 1.29 is 16.4 Å². The van der Waals surface area contributed by atoms with Gasteiger partial charge in [-0.1, -0.05) is 52.8 Å². The molecule has 0 aromatic heterocycles. The van der Waals surface area contributed by atoms with Crippen LogP contribution < -0.4 is 10.6 Å². The first kappa shape index (κ1) is 36.8. The van der Waals surface area contributed by atoms with Crippen LogP contribution in [0.3, 0.4) is 0 Å². The van der Waals surface area contributed by atoms with E-state index in [0.29, 0.717) is 23.5 Å². The molecule has 4 rings (SSSR count). The Bertz CT molecular complexity index is 649. The van der Waals surface area contributed by atoms with E-state index >= 15 is 0 Å². The van der Waals surface area contributed by atoms with Crippen LogP contribution >= 0.6 is 11.6 Å². The van der Waals surface area contributed by atoms with Gasteiger partial charge in [-0.2, -0.15) is 0 Å². The van der Waals surface area contributed by atoms with Crippen molar-refractivity contribution in [2.75, 3.05) is 45.8 Å². The second kappa shape index (κ2) is 16.8. The lowest BCUT2D eigenvalue weighted by Crippen LogP contribution is -2.54. The molecule has 0 spiro atoms. The Morgan fingerprint density at radius 1 is 1.05 bits per heavy atom. The van der Waals surface area contributed by atoms with Gasteiger partial charge < -0.3 is 32.0 Å². The molecule has 3 saturated heterocycles. The number of nitrogens with zero attached hydrogens (tertiary/aromatic N) is 2. The number of halogens is 1. The zero-order valence-corrected chi connectivity index (χ0v) is 24.2. The number of hydrogen-bond donors (Lipinski definition) is 2. The van der Waals surface area contributed by atoms with Crippen LogP contribution in [0.5, 0.6) is 0 Å². The van der Waals surface area contributed by atoms with Crippen molar-refractivity contribution >= 4 is 11.6 Å². The number of likely N-dealkylation sites (tertiary alicyclic amines) is 2. The van der Waals surface area contributed by atoms with Crippen LogP contribution in [0.15, 0.2) is 11.1 Å². The Labute approximate surface area is 233 Å². The van der Waals surface area contributed by atoms with E-state index in [9.17, 15) is 0 Å². The van der Waals surface area contributed by atoms with Gasteiger partial charge in [-0.25, -0.2) is 0 Å². The monoisotopic (exact) mass is 548 g/mol. The average molecular weight is 549 g/mol. The van der Waals surface area contributed by atoms with Crippen molar-refractivity contribution in [1.82, 2.24) is 20.4 Å². The van der Waals surface area contributed by atoms with E-state index in [0.717, 1.165) is 35.8 Å². The van der Waals surface area contributed by atoms with Gasteiger partial charge in [0.1, 0.15) is 0 Å². The first-order valence-corrected chi connectivity index (χ1v) is 14.5. The summed E-state index contributed by atoms with van der Waals surface area (Å²) in [5.41, 5.74) is 0.389. The molecule has 8 N–H and O–H groups in total. The van der Waals surface area contributed by atoms with Crippen LogP contribution in [0.4, 0.5) is 0 Å². The zero-order valence-electron chi connectivity index (χ0n) is 23.4. The van der Waals surface area contributed by atoms with E-state index in [4.69, 9.17) is 11.6 Å². The van der Waals surface area contributed by atoms with Gasteiger partial charge in [-0.3, -0.25) is 4.90 Å². The highest BCUT2D eigenvalue weighted by molar-refractivity contribution is 6.29. The normalized spacial score (nSPS) is 31.2. The van der Waals surface area contributed by atoms with E-state index in [2.05, 4.69) is 54.2 Å².